The lowest BCUT2D eigenvalue weighted by Crippen LogP contribution is -2.48. The van der Waals surface area contributed by atoms with Crippen LogP contribution in [-0.4, -0.2) is 20.1 Å². The van der Waals surface area contributed by atoms with Crippen molar-refractivity contribution in [3.05, 3.63) is 24.3 Å². The summed E-state index contributed by atoms with van der Waals surface area (Å²) in [6, 6.07) is 9.50. The highest BCUT2D eigenvalue weighted by Crippen LogP contribution is 2.46. The molecule has 1 aromatic rings. The predicted molar refractivity (Wildman–Crippen MR) is 72.8 cm³/mol. The Morgan fingerprint density at radius 1 is 1.53 bits per heavy atom. The summed E-state index contributed by atoms with van der Waals surface area (Å²) in [5.74, 6) is 1.02. The highest BCUT2D eigenvalue weighted by molar-refractivity contribution is 5.99. The standard InChI is InChI=1S/C15H18N2O2/c1-11-8-15(9-11,10-16)14(18)17(2)12-5-4-6-13(7-12)19-3/h4-7,11H,8-9H2,1-3H3. The summed E-state index contributed by atoms with van der Waals surface area (Å²) in [6.07, 6.45) is 1.30. The van der Waals surface area contributed by atoms with E-state index in [1.54, 1.807) is 25.1 Å². The topological polar surface area (TPSA) is 53.3 Å². The number of amides is 1. The summed E-state index contributed by atoms with van der Waals surface area (Å²) in [7, 11) is 3.30. The zero-order chi connectivity index (χ0) is 14.0. The minimum absolute atomic E-state index is 0.124. The summed E-state index contributed by atoms with van der Waals surface area (Å²) in [5, 5.41) is 9.30. The first-order chi connectivity index (χ1) is 9.02. The summed E-state index contributed by atoms with van der Waals surface area (Å²) >= 11 is 0. The van der Waals surface area contributed by atoms with Crippen LogP contribution in [0.3, 0.4) is 0 Å². The number of carbonyl (C=O) groups is 1. The molecule has 0 aliphatic heterocycles. The van der Waals surface area contributed by atoms with Crippen LogP contribution in [0.2, 0.25) is 0 Å². The Balaban J connectivity index is 2.21. The van der Waals surface area contributed by atoms with Crippen molar-refractivity contribution in [3.8, 4) is 11.8 Å². The van der Waals surface area contributed by atoms with Crippen molar-refractivity contribution < 1.29 is 9.53 Å². The fourth-order valence-electron chi connectivity index (χ4n) is 2.70. The Bertz CT molecular complexity index is 527. The largest absolute Gasteiger partial charge is 0.497 e. The van der Waals surface area contributed by atoms with Gasteiger partial charge in [0, 0.05) is 18.8 Å². The summed E-state index contributed by atoms with van der Waals surface area (Å²) in [5.41, 5.74) is -0.0874. The Kier molecular flexibility index (Phi) is 3.48. The molecule has 4 heteroatoms. The number of nitrogens with zero attached hydrogens (tertiary/aromatic N) is 2. The number of rotatable bonds is 3. The maximum Gasteiger partial charge on any atom is 0.247 e. The van der Waals surface area contributed by atoms with Gasteiger partial charge in [0.1, 0.15) is 11.2 Å². The SMILES string of the molecule is COc1cccc(N(C)C(=O)C2(C#N)CC(C)C2)c1. The molecule has 0 radical (unpaired) electrons. The van der Waals surface area contributed by atoms with E-state index in [1.807, 2.05) is 18.2 Å². The Labute approximate surface area is 113 Å². The average Bonchev–Trinajstić information content (AvgIpc) is 2.42. The van der Waals surface area contributed by atoms with Gasteiger partial charge in [-0.3, -0.25) is 4.79 Å². The van der Waals surface area contributed by atoms with Crippen LogP contribution in [0.5, 0.6) is 5.75 Å². The summed E-state index contributed by atoms with van der Waals surface area (Å²) in [6.45, 7) is 2.06. The van der Waals surface area contributed by atoms with Gasteiger partial charge >= 0.3 is 0 Å². The predicted octanol–water partition coefficient (Wildman–Crippen LogP) is 2.60. The third-order valence-corrected chi connectivity index (χ3v) is 3.76. The lowest BCUT2D eigenvalue weighted by molar-refractivity contribution is -0.130. The van der Waals surface area contributed by atoms with E-state index in [0.29, 0.717) is 24.5 Å². The van der Waals surface area contributed by atoms with Crippen molar-refractivity contribution in [2.75, 3.05) is 19.1 Å². The molecular weight excluding hydrogens is 240 g/mol. The lowest BCUT2D eigenvalue weighted by atomic mass is 9.63. The summed E-state index contributed by atoms with van der Waals surface area (Å²) < 4.78 is 5.15. The molecule has 0 N–H and O–H groups in total. The quantitative estimate of drug-likeness (QED) is 0.837. The van der Waals surface area contributed by atoms with E-state index in [-0.39, 0.29) is 5.91 Å². The third-order valence-electron chi connectivity index (χ3n) is 3.76. The van der Waals surface area contributed by atoms with Gasteiger partial charge in [-0.2, -0.15) is 5.26 Å². The number of nitriles is 1. The molecule has 1 saturated carbocycles. The highest BCUT2D eigenvalue weighted by Gasteiger charge is 2.50. The monoisotopic (exact) mass is 258 g/mol. The Morgan fingerprint density at radius 3 is 2.74 bits per heavy atom. The number of anilines is 1. The molecule has 0 bridgehead atoms. The lowest BCUT2D eigenvalue weighted by Gasteiger charge is -2.41. The molecule has 0 atom stereocenters. The van der Waals surface area contributed by atoms with Crippen LogP contribution < -0.4 is 9.64 Å². The van der Waals surface area contributed by atoms with Crippen molar-refractivity contribution >= 4 is 11.6 Å². The fourth-order valence-corrected chi connectivity index (χ4v) is 2.70. The van der Waals surface area contributed by atoms with Gasteiger partial charge < -0.3 is 9.64 Å². The first-order valence-corrected chi connectivity index (χ1v) is 6.36. The van der Waals surface area contributed by atoms with Crippen LogP contribution in [0.25, 0.3) is 0 Å². The van der Waals surface area contributed by atoms with E-state index in [1.165, 1.54) is 0 Å². The third kappa shape index (κ3) is 2.28. The van der Waals surface area contributed by atoms with Crippen molar-refractivity contribution in [2.24, 2.45) is 11.3 Å². The maximum absolute atomic E-state index is 12.5. The van der Waals surface area contributed by atoms with Crippen molar-refractivity contribution in [3.63, 3.8) is 0 Å². The first-order valence-electron chi connectivity index (χ1n) is 6.36. The van der Waals surface area contributed by atoms with Crippen LogP contribution in [0.1, 0.15) is 19.8 Å². The van der Waals surface area contributed by atoms with Gasteiger partial charge in [0.2, 0.25) is 5.91 Å². The number of hydrogen-bond acceptors (Lipinski definition) is 3. The maximum atomic E-state index is 12.5. The molecule has 1 aliphatic carbocycles. The molecule has 1 aliphatic rings. The number of hydrogen-bond donors (Lipinski definition) is 0. The van der Waals surface area contributed by atoms with Crippen molar-refractivity contribution in [1.29, 1.82) is 5.26 Å². The molecule has 4 nitrogen and oxygen atoms in total. The van der Waals surface area contributed by atoms with E-state index in [4.69, 9.17) is 4.74 Å². The molecule has 2 rings (SSSR count). The van der Waals surface area contributed by atoms with Gasteiger partial charge in [-0.25, -0.2) is 0 Å². The zero-order valence-electron chi connectivity index (χ0n) is 11.5. The molecule has 19 heavy (non-hydrogen) atoms. The van der Waals surface area contributed by atoms with Crippen LogP contribution in [0.15, 0.2) is 24.3 Å². The average molecular weight is 258 g/mol. The fraction of sp³-hybridized carbons (Fsp3) is 0.467. The second-order valence-corrected chi connectivity index (χ2v) is 5.27. The molecule has 1 amide bonds. The highest BCUT2D eigenvalue weighted by atomic mass is 16.5. The zero-order valence-corrected chi connectivity index (χ0v) is 11.5. The normalized spacial score (nSPS) is 25.1. The minimum atomic E-state index is -0.836. The molecular formula is C15H18N2O2. The molecule has 0 unspecified atom stereocenters. The van der Waals surface area contributed by atoms with E-state index in [0.717, 1.165) is 5.69 Å². The molecule has 100 valence electrons. The molecule has 0 spiro atoms. The number of carbonyl (C=O) groups excluding carboxylic acids is 1. The van der Waals surface area contributed by atoms with Crippen LogP contribution in [0, 0.1) is 22.7 Å². The van der Waals surface area contributed by atoms with Gasteiger partial charge in [-0.15, -0.1) is 0 Å². The van der Waals surface area contributed by atoms with Crippen molar-refractivity contribution in [2.45, 2.75) is 19.8 Å². The molecule has 1 fully saturated rings. The summed E-state index contributed by atoms with van der Waals surface area (Å²) in [4.78, 5) is 14.0. The number of ether oxygens (including phenoxy) is 1. The van der Waals surface area contributed by atoms with Gasteiger partial charge in [0.15, 0.2) is 0 Å². The molecule has 0 heterocycles. The van der Waals surface area contributed by atoms with Crippen molar-refractivity contribution in [1.82, 2.24) is 0 Å². The second kappa shape index (κ2) is 4.93. The van der Waals surface area contributed by atoms with E-state index < -0.39 is 5.41 Å². The van der Waals surface area contributed by atoms with Gasteiger partial charge in [-0.05, 0) is 30.9 Å². The smallest absolute Gasteiger partial charge is 0.247 e. The van der Waals surface area contributed by atoms with Crippen LogP contribution in [0.4, 0.5) is 5.69 Å². The molecule has 1 aromatic carbocycles. The van der Waals surface area contributed by atoms with Gasteiger partial charge in [0.05, 0.1) is 13.2 Å². The Morgan fingerprint density at radius 2 is 2.21 bits per heavy atom. The van der Waals surface area contributed by atoms with E-state index in [2.05, 4.69) is 13.0 Å². The number of benzene rings is 1. The van der Waals surface area contributed by atoms with E-state index >= 15 is 0 Å². The number of methoxy groups -OCH3 is 1. The second-order valence-electron chi connectivity index (χ2n) is 5.27. The van der Waals surface area contributed by atoms with Crippen LogP contribution in [-0.2, 0) is 4.79 Å². The molecule has 0 saturated heterocycles. The molecule has 0 aromatic heterocycles. The Hall–Kier alpha value is -2.02. The van der Waals surface area contributed by atoms with E-state index in [9.17, 15) is 10.1 Å². The van der Waals surface area contributed by atoms with Crippen LogP contribution >= 0.6 is 0 Å². The first kappa shape index (κ1) is 13.4. The van der Waals surface area contributed by atoms with Gasteiger partial charge in [-0.1, -0.05) is 13.0 Å². The minimum Gasteiger partial charge on any atom is -0.497 e. The van der Waals surface area contributed by atoms with Gasteiger partial charge in [0.25, 0.3) is 0 Å².